The van der Waals surface area contributed by atoms with Gasteiger partial charge in [0.1, 0.15) is 5.03 Å². The van der Waals surface area contributed by atoms with E-state index in [0.29, 0.717) is 23.8 Å². The number of aryl methyl sites for hydroxylation is 2. The van der Waals surface area contributed by atoms with Crippen LogP contribution in [0, 0.1) is 6.92 Å². The fourth-order valence-corrected chi connectivity index (χ4v) is 5.03. The van der Waals surface area contributed by atoms with Gasteiger partial charge in [-0.15, -0.1) is 0 Å². The molecule has 0 radical (unpaired) electrons. The van der Waals surface area contributed by atoms with Crippen LogP contribution >= 0.6 is 23.5 Å². The zero-order chi connectivity index (χ0) is 26.2. The fourth-order valence-electron chi connectivity index (χ4n) is 2.83. The zero-order valence-corrected chi connectivity index (χ0v) is 21.4. The highest BCUT2D eigenvalue weighted by atomic mass is 32.2. The Morgan fingerprint density at radius 3 is 2.40 bits per heavy atom. The van der Waals surface area contributed by atoms with Gasteiger partial charge in [-0.25, -0.2) is 19.2 Å². The average molecular weight is 536 g/mol. The molecule has 0 amide bonds. The van der Waals surface area contributed by atoms with Crippen molar-refractivity contribution in [2.45, 2.75) is 92.8 Å². The fraction of sp³-hybridized carbons (Fsp3) is 0.565. The number of thioether (sulfide) groups is 2. The van der Waals surface area contributed by atoms with Gasteiger partial charge in [0.15, 0.2) is 10.2 Å². The molecule has 0 aromatic carbocycles. The van der Waals surface area contributed by atoms with E-state index < -0.39 is 17.1 Å². The lowest BCUT2D eigenvalue weighted by Gasteiger charge is -2.12. The molecular formula is C23H29F4N3O3S2. The first kappa shape index (κ1) is 29.2. The number of nitrogens with one attached hydrogen (secondary N) is 1. The molecule has 1 saturated carbocycles. The molecule has 0 atom stereocenters. The van der Waals surface area contributed by atoms with E-state index in [1.54, 1.807) is 6.20 Å². The third kappa shape index (κ3) is 9.14. The molecule has 2 aliphatic rings. The van der Waals surface area contributed by atoms with Gasteiger partial charge < -0.3 is 10.1 Å². The maximum Gasteiger partial charge on any atom is 0.490 e. The molecule has 2 aliphatic carbocycles. The van der Waals surface area contributed by atoms with E-state index in [0.717, 1.165) is 46.7 Å². The highest BCUT2D eigenvalue weighted by Crippen LogP contribution is 2.53. The number of aromatic amines is 1. The number of fused-ring (bicyclic) bond motifs is 1. The Morgan fingerprint density at radius 1 is 1.23 bits per heavy atom. The Hall–Kier alpha value is -2.08. The number of carboxylic acids is 1. The summed E-state index contributed by atoms with van der Waals surface area (Å²) in [6.07, 6.45) is 3.18. The molecule has 1 fully saturated rings. The Bertz CT molecular complexity index is 1070. The van der Waals surface area contributed by atoms with Crippen LogP contribution in [0.25, 0.3) is 0 Å². The van der Waals surface area contributed by atoms with Crippen molar-refractivity contribution in [2.75, 3.05) is 0 Å². The van der Waals surface area contributed by atoms with Crippen molar-refractivity contribution in [2.24, 2.45) is 0 Å². The molecule has 0 spiro atoms. The summed E-state index contributed by atoms with van der Waals surface area (Å²) >= 11 is 2.71. The molecule has 6 nitrogen and oxygen atoms in total. The summed E-state index contributed by atoms with van der Waals surface area (Å²) in [5.41, 5.74) is 3.87. The van der Waals surface area contributed by atoms with E-state index in [4.69, 9.17) is 9.90 Å². The molecule has 194 valence electrons. The Labute approximate surface area is 209 Å². The van der Waals surface area contributed by atoms with Crippen LogP contribution in [0.5, 0.6) is 0 Å². The van der Waals surface area contributed by atoms with Crippen LogP contribution in [0.15, 0.2) is 27.2 Å². The summed E-state index contributed by atoms with van der Waals surface area (Å²) in [5, 5.41) is 7.38. The third-order valence-corrected chi connectivity index (χ3v) is 7.41. The van der Waals surface area contributed by atoms with Crippen molar-refractivity contribution in [3.05, 3.63) is 45.0 Å². The molecule has 4 rings (SSSR count). The van der Waals surface area contributed by atoms with E-state index >= 15 is 0 Å². The van der Waals surface area contributed by atoms with Crippen LogP contribution in [0.1, 0.15) is 68.3 Å². The smallest absolute Gasteiger partial charge is 0.475 e. The topological polar surface area (TPSA) is 95.9 Å². The quantitative estimate of drug-likeness (QED) is 0.257. The zero-order valence-electron chi connectivity index (χ0n) is 19.8. The number of hydrogen-bond acceptors (Lipinski definition) is 6. The molecule has 0 unspecified atom stereocenters. The normalized spacial score (nSPS) is 15.3. The number of halogens is 4. The van der Waals surface area contributed by atoms with E-state index in [-0.39, 0.29) is 5.56 Å². The number of alkyl halides is 4. The lowest BCUT2D eigenvalue weighted by molar-refractivity contribution is -0.192. The largest absolute Gasteiger partial charge is 0.490 e. The second-order valence-corrected chi connectivity index (χ2v) is 10.4. The molecule has 0 bridgehead atoms. The second kappa shape index (κ2) is 12.8. The van der Waals surface area contributed by atoms with Crippen molar-refractivity contribution in [1.29, 1.82) is 0 Å². The van der Waals surface area contributed by atoms with E-state index in [1.807, 2.05) is 13.0 Å². The minimum atomic E-state index is -5.08. The predicted octanol–water partition coefficient (Wildman–Crippen LogP) is 6.25. The minimum Gasteiger partial charge on any atom is -0.475 e. The Balaban J connectivity index is 0.000000332. The van der Waals surface area contributed by atoms with Crippen molar-refractivity contribution >= 4 is 29.5 Å². The van der Waals surface area contributed by atoms with Crippen LogP contribution < -0.4 is 5.56 Å². The van der Waals surface area contributed by atoms with Gasteiger partial charge in [-0.05, 0) is 56.2 Å². The van der Waals surface area contributed by atoms with Gasteiger partial charge in [0, 0.05) is 17.5 Å². The number of H-pyrrole nitrogens is 1. The molecular weight excluding hydrogens is 506 g/mol. The number of rotatable bonds is 6. The van der Waals surface area contributed by atoms with Crippen LogP contribution in [-0.2, 0) is 23.4 Å². The second-order valence-electron chi connectivity index (χ2n) is 8.14. The number of aromatic nitrogens is 3. The first-order chi connectivity index (χ1) is 16.4. The van der Waals surface area contributed by atoms with Crippen LogP contribution in [0.2, 0.25) is 0 Å². The first-order valence-electron chi connectivity index (χ1n) is 11.3. The van der Waals surface area contributed by atoms with E-state index in [1.165, 1.54) is 36.4 Å². The minimum absolute atomic E-state index is 0.0156. The predicted molar refractivity (Wildman–Crippen MR) is 129 cm³/mol. The van der Waals surface area contributed by atoms with Crippen molar-refractivity contribution in [3.8, 4) is 0 Å². The van der Waals surface area contributed by atoms with E-state index in [2.05, 4.69) is 28.8 Å². The third-order valence-electron chi connectivity index (χ3n) is 5.19. The first-order valence-corrected chi connectivity index (χ1v) is 13.1. The van der Waals surface area contributed by atoms with Gasteiger partial charge in [-0.2, -0.15) is 13.2 Å². The molecule has 2 aromatic rings. The lowest BCUT2D eigenvalue weighted by atomic mass is 10.2. The highest BCUT2D eigenvalue weighted by molar-refractivity contribution is 8.01. The summed E-state index contributed by atoms with van der Waals surface area (Å²) in [7, 11) is 0. The SMILES string of the molecule is CCCC.Cc1ccnc(SC2(F)CC2)c1CSc1nc2c(c(=O)[nH]1)CCC2.O=C(O)C(F)(F)F. The monoisotopic (exact) mass is 535 g/mol. The molecule has 35 heavy (non-hydrogen) atoms. The van der Waals surface area contributed by atoms with Gasteiger partial charge in [-0.1, -0.05) is 50.2 Å². The average Bonchev–Trinajstić information content (AvgIpc) is 3.30. The molecule has 2 N–H and O–H groups in total. The van der Waals surface area contributed by atoms with Crippen molar-refractivity contribution < 1.29 is 27.5 Å². The molecule has 0 aliphatic heterocycles. The number of unbranched alkanes of at least 4 members (excludes halogenated alkanes) is 1. The summed E-state index contributed by atoms with van der Waals surface area (Å²) in [5.74, 6) is -2.13. The highest BCUT2D eigenvalue weighted by Gasteiger charge is 2.45. The molecule has 2 heterocycles. The van der Waals surface area contributed by atoms with Crippen molar-refractivity contribution in [3.63, 3.8) is 0 Å². The van der Waals surface area contributed by atoms with E-state index in [9.17, 15) is 22.4 Å². The van der Waals surface area contributed by atoms with Gasteiger partial charge in [0.2, 0.25) is 0 Å². The number of nitrogens with zero attached hydrogens (tertiary/aromatic N) is 2. The lowest BCUT2D eigenvalue weighted by Crippen LogP contribution is -2.21. The Kier molecular flexibility index (Phi) is 10.6. The van der Waals surface area contributed by atoms with Crippen LogP contribution in [0.4, 0.5) is 17.6 Å². The molecule has 12 heteroatoms. The summed E-state index contributed by atoms with van der Waals surface area (Å²) in [6.45, 7) is 6.37. The van der Waals surface area contributed by atoms with Gasteiger partial charge in [0.25, 0.3) is 5.56 Å². The van der Waals surface area contributed by atoms with Gasteiger partial charge in [0.05, 0.1) is 5.69 Å². The summed E-state index contributed by atoms with van der Waals surface area (Å²) in [6, 6.07) is 1.94. The maximum atomic E-state index is 14.1. The van der Waals surface area contributed by atoms with Gasteiger partial charge in [-0.3, -0.25) is 4.79 Å². The Morgan fingerprint density at radius 2 is 1.86 bits per heavy atom. The number of aliphatic carboxylic acids is 1. The van der Waals surface area contributed by atoms with Gasteiger partial charge >= 0.3 is 12.1 Å². The maximum absolute atomic E-state index is 14.1. The summed E-state index contributed by atoms with van der Waals surface area (Å²) in [4.78, 5) is 32.8. The standard InChI is InChI=1S/C17H18FN3OS2.C4H10.C2HF3O2/c1-10-5-8-19-15(24-17(18)6-7-17)12(10)9-23-16-20-13-4-2-3-11(13)14(22)21-16;1-3-4-2;3-2(4,5)1(6)7/h5,8H,2-4,6-7,9H2,1H3,(H,20,21,22);3-4H2,1-2H3;(H,6,7). The number of carboxylic acid groups (broad SMARTS) is 1. The van der Waals surface area contributed by atoms with Crippen LogP contribution in [-0.4, -0.2) is 37.2 Å². The molecule has 2 aromatic heterocycles. The summed E-state index contributed by atoms with van der Waals surface area (Å²) < 4.78 is 45.9. The molecule has 0 saturated heterocycles. The number of pyridine rings is 1. The number of carbonyl (C=O) groups is 1. The van der Waals surface area contributed by atoms with Crippen LogP contribution in [0.3, 0.4) is 0 Å². The number of hydrogen-bond donors (Lipinski definition) is 2. The van der Waals surface area contributed by atoms with Crippen molar-refractivity contribution in [1.82, 2.24) is 15.0 Å².